The van der Waals surface area contributed by atoms with Crippen LogP contribution in [0.5, 0.6) is 11.5 Å². The van der Waals surface area contributed by atoms with Gasteiger partial charge in [-0.1, -0.05) is 50.2 Å². The Balaban J connectivity index is 1.80. The van der Waals surface area contributed by atoms with Gasteiger partial charge in [0.2, 0.25) is 0 Å². The number of nitrogens with one attached hydrogen (secondary N) is 1. The number of benzene rings is 2. The Kier molecular flexibility index (Phi) is 6.51. The molecule has 0 radical (unpaired) electrons. The number of carbonyl (C=O) groups is 2. The molecule has 6 heteroatoms. The largest absolute Gasteiger partial charge is 0.497 e. The summed E-state index contributed by atoms with van der Waals surface area (Å²) in [6, 6.07) is 15.0. The molecule has 0 aromatic heterocycles. The van der Waals surface area contributed by atoms with Crippen LogP contribution in [0, 0.1) is 5.41 Å². The number of hydrogen-bond acceptors (Lipinski definition) is 6. The maximum Gasteiger partial charge on any atom is 0.337 e. The van der Waals surface area contributed by atoms with Crippen LogP contribution in [-0.4, -0.2) is 26.0 Å². The van der Waals surface area contributed by atoms with E-state index >= 15 is 0 Å². The highest BCUT2D eigenvalue weighted by Crippen LogP contribution is 2.49. The van der Waals surface area contributed by atoms with Crippen molar-refractivity contribution in [3.8, 4) is 11.5 Å². The van der Waals surface area contributed by atoms with Gasteiger partial charge in [-0.05, 0) is 30.4 Å². The predicted octanol–water partition coefficient (Wildman–Crippen LogP) is 5.05. The zero-order valence-corrected chi connectivity index (χ0v) is 20.4. The Hall–Kier alpha value is -3.54. The maximum atomic E-state index is 13.5. The molecule has 0 bridgehead atoms. The monoisotopic (exact) mass is 461 g/mol. The van der Waals surface area contributed by atoms with Crippen molar-refractivity contribution < 1.29 is 23.8 Å². The van der Waals surface area contributed by atoms with Gasteiger partial charge in [-0.3, -0.25) is 4.79 Å². The molecule has 2 aromatic carbocycles. The third-order valence-electron chi connectivity index (χ3n) is 6.42. The molecule has 4 rings (SSSR count). The van der Waals surface area contributed by atoms with Crippen LogP contribution in [0.25, 0.3) is 0 Å². The van der Waals surface area contributed by atoms with E-state index in [4.69, 9.17) is 14.2 Å². The van der Waals surface area contributed by atoms with E-state index in [1.807, 2.05) is 49.4 Å². The summed E-state index contributed by atoms with van der Waals surface area (Å²) in [4.78, 5) is 26.9. The van der Waals surface area contributed by atoms with Crippen LogP contribution in [0.3, 0.4) is 0 Å². The Morgan fingerprint density at radius 3 is 2.47 bits per heavy atom. The third-order valence-corrected chi connectivity index (χ3v) is 6.42. The van der Waals surface area contributed by atoms with Crippen LogP contribution in [0.15, 0.2) is 71.1 Å². The molecule has 1 N–H and O–H groups in total. The molecule has 0 spiro atoms. The Labute approximate surface area is 200 Å². The fraction of sp³-hybridized carbons (Fsp3) is 0.357. The van der Waals surface area contributed by atoms with Crippen molar-refractivity contribution in [3.63, 3.8) is 0 Å². The van der Waals surface area contributed by atoms with Crippen molar-refractivity contribution in [2.75, 3.05) is 14.2 Å². The van der Waals surface area contributed by atoms with E-state index in [-0.39, 0.29) is 17.8 Å². The number of ether oxygens (including phenoxy) is 3. The molecule has 1 unspecified atom stereocenters. The van der Waals surface area contributed by atoms with Crippen LogP contribution in [0.2, 0.25) is 0 Å². The number of allylic oxidation sites excluding steroid dienone is 3. The number of ketones is 1. The highest BCUT2D eigenvalue weighted by Gasteiger charge is 2.44. The molecule has 1 heterocycles. The summed E-state index contributed by atoms with van der Waals surface area (Å²) in [5.41, 5.74) is 4.05. The van der Waals surface area contributed by atoms with E-state index in [2.05, 4.69) is 19.2 Å². The molecule has 0 amide bonds. The minimum atomic E-state index is -0.594. The van der Waals surface area contributed by atoms with Crippen molar-refractivity contribution in [2.24, 2.45) is 5.41 Å². The standard InChI is InChI=1S/C28H31NO5/c1-17-24(27(31)34-16-18-9-7-6-8-10-18)25(20-12-11-19(32-4)13-23(20)33-5)26-21(29-17)14-28(2,3)15-22(26)30/h6-13,25,29H,14-16H2,1-5H3. The fourth-order valence-corrected chi connectivity index (χ4v) is 4.88. The first-order valence-electron chi connectivity index (χ1n) is 11.4. The molecule has 1 aliphatic carbocycles. The van der Waals surface area contributed by atoms with Gasteiger partial charge in [-0.15, -0.1) is 0 Å². The van der Waals surface area contributed by atoms with Crippen molar-refractivity contribution >= 4 is 11.8 Å². The minimum absolute atomic E-state index is 0.0301. The first-order valence-corrected chi connectivity index (χ1v) is 11.4. The number of Topliss-reactive ketones (excluding diaryl/α,β-unsaturated/α-hetero) is 1. The van der Waals surface area contributed by atoms with Gasteiger partial charge in [-0.2, -0.15) is 0 Å². The number of methoxy groups -OCH3 is 2. The lowest BCUT2D eigenvalue weighted by atomic mass is 9.68. The number of dihydropyridines is 1. The first-order chi connectivity index (χ1) is 16.2. The highest BCUT2D eigenvalue weighted by molar-refractivity contribution is 6.04. The summed E-state index contributed by atoms with van der Waals surface area (Å²) >= 11 is 0. The van der Waals surface area contributed by atoms with Crippen LogP contribution in [0.1, 0.15) is 50.7 Å². The molecule has 1 aliphatic heterocycles. The van der Waals surface area contributed by atoms with Gasteiger partial charge in [-0.25, -0.2) is 4.79 Å². The number of hydrogen-bond donors (Lipinski definition) is 1. The topological polar surface area (TPSA) is 73.9 Å². The third kappa shape index (κ3) is 4.58. The quantitative estimate of drug-likeness (QED) is 0.607. The molecule has 178 valence electrons. The molecule has 0 saturated heterocycles. The van der Waals surface area contributed by atoms with Crippen molar-refractivity contribution in [2.45, 2.75) is 46.1 Å². The molecular formula is C28H31NO5. The summed E-state index contributed by atoms with van der Waals surface area (Å²) < 4.78 is 16.8. The van der Waals surface area contributed by atoms with Crippen LogP contribution >= 0.6 is 0 Å². The van der Waals surface area contributed by atoms with E-state index in [0.717, 1.165) is 16.8 Å². The molecule has 1 atom stereocenters. The number of rotatable bonds is 6. The van der Waals surface area contributed by atoms with Crippen LogP contribution in [-0.2, 0) is 20.9 Å². The predicted molar refractivity (Wildman–Crippen MR) is 129 cm³/mol. The molecule has 2 aliphatic rings. The zero-order valence-electron chi connectivity index (χ0n) is 20.4. The SMILES string of the molecule is COc1ccc(C2C(C(=O)OCc3ccccc3)=C(C)NC3=C2C(=O)CC(C)(C)C3)c(OC)c1. The van der Waals surface area contributed by atoms with Gasteiger partial charge in [0.25, 0.3) is 0 Å². The molecule has 6 nitrogen and oxygen atoms in total. The lowest BCUT2D eigenvalue weighted by molar-refractivity contribution is -0.140. The second-order valence-corrected chi connectivity index (χ2v) is 9.60. The molecule has 0 fully saturated rings. The van der Waals surface area contributed by atoms with Crippen LogP contribution in [0.4, 0.5) is 0 Å². The normalized spacial score (nSPS) is 19.3. The van der Waals surface area contributed by atoms with Crippen molar-refractivity contribution in [1.29, 1.82) is 0 Å². The molecular weight excluding hydrogens is 430 g/mol. The highest BCUT2D eigenvalue weighted by atomic mass is 16.5. The van der Waals surface area contributed by atoms with E-state index in [1.54, 1.807) is 20.3 Å². The first kappa shape index (κ1) is 23.6. The van der Waals surface area contributed by atoms with Gasteiger partial charge in [0.05, 0.1) is 25.7 Å². The lowest BCUT2D eigenvalue weighted by Crippen LogP contribution is -2.38. The average molecular weight is 462 g/mol. The second-order valence-electron chi connectivity index (χ2n) is 9.60. The van der Waals surface area contributed by atoms with Crippen molar-refractivity contribution in [1.82, 2.24) is 5.32 Å². The van der Waals surface area contributed by atoms with Gasteiger partial charge >= 0.3 is 5.97 Å². The van der Waals surface area contributed by atoms with Gasteiger partial charge in [0.15, 0.2) is 5.78 Å². The fourth-order valence-electron chi connectivity index (χ4n) is 4.88. The Morgan fingerprint density at radius 2 is 1.79 bits per heavy atom. The van der Waals surface area contributed by atoms with E-state index in [0.29, 0.717) is 41.2 Å². The summed E-state index contributed by atoms with van der Waals surface area (Å²) in [7, 11) is 3.16. The Bertz CT molecular complexity index is 1180. The van der Waals surface area contributed by atoms with E-state index < -0.39 is 11.9 Å². The molecule has 0 saturated carbocycles. The van der Waals surface area contributed by atoms with Gasteiger partial charge in [0, 0.05) is 35.0 Å². The summed E-state index contributed by atoms with van der Waals surface area (Å²) in [6.07, 6.45) is 1.13. The van der Waals surface area contributed by atoms with Crippen LogP contribution < -0.4 is 14.8 Å². The maximum absolute atomic E-state index is 13.5. The Morgan fingerprint density at radius 1 is 1.06 bits per heavy atom. The molecule has 34 heavy (non-hydrogen) atoms. The number of esters is 1. The average Bonchev–Trinajstić information content (AvgIpc) is 2.81. The number of carbonyl (C=O) groups excluding carboxylic acids is 2. The summed E-state index contributed by atoms with van der Waals surface area (Å²) in [5, 5.41) is 3.37. The summed E-state index contributed by atoms with van der Waals surface area (Å²) in [5.74, 6) is 0.165. The van der Waals surface area contributed by atoms with Crippen molar-refractivity contribution in [3.05, 3.63) is 82.2 Å². The van der Waals surface area contributed by atoms with E-state index in [1.165, 1.54) is 0 Å². The zero-order chi connectivity index (χ0) is 24.5. The molecule has 2 aromatic rings. The second kappa shape index (κ2) is 9.37. The summed E-state index contributed by atoms with van der Waals surface area (Å²) in [6.45, 7) is 6.18. The van der Waals surface area contributed by atoms with Gasteiger partial charge < -0.3 is 19.5 Å². The lowest BCUT2D eigenvalue weighted by Gasteiger charge is -2.39. The smallest absolute Gasteiger partial charge is 0.337 e. The van der Waals surface area contributed by atoms with Gasteiger partial charge in [0.1, 0.15) is 18.1 Å². The van der Waals surface area contributed by atoms with E-state index in [9.17, 15) is 9.59 Å². The minimum Gasteiger partial charge on any atom is -0.497 e.